The van der Waals surface area contributed by atoms with Crippen molar-refractivity contribution in [2.75, 3.05) is 59.5 Å². The number of hydrogen-bond acceptors (Lipinski definition) is 9. The Labute approximate surface area is 215 Å². The molecule has 1 aliphatic rings. The number of rotatable bonds is 13. The minimum Gasteiger partial charge on any atom is -0.382 e. The van der Waals surface area contributed by atoms with Crippen LogP contribution in [-0.2, 0) is 35.4 Å². The molecule has 12 heteroatoms. The van der Waals surface area contributed by atoms with Crippen molar-refractivity contribution < 1.29 is 32.2 Å². The molecule has 0 saturated carbocycles. The molecular weight excluding hydrogens is 506 g/mol. The van der Waals surface area contributed by atoms with Crippen LogP contribution in [0.1, 0.15) is 39.8 Å². The molecule has 1 N–H and O–H groups in total. The number of nitrogens with zero attached hydrogens (tertiary/aromatic N) is 2. The normalized spacial score (nSPS) is 14.7. The molecule has 0 radical (unpaired) electrons. The first-order valence-electron chi connectivity index (χ1n) is 11.7. The highest BCUT2D eigenvalue weighted by atomic mass is 32.2. The molecule has 36 heavy (non-hydrogen) atoms. The second-order valence-electron chi connectivity index (χ2n) is 8.48. The Kier molecular flexibility index (Phi) is 10.8. The van der Waals surface area contributed by atoms with E-state index < -0.39 is 9.84 Å². The summed E-state index contributed by atoms with van der Waals surface area (Å²) >= 11 is 1.46. The zero-order valence-electron chi connectivity index (χ0n) is 20.6. The van der Waals surface area contributed by atoms with E-state index >= 15 is 0 Å². The van der Waals surface area contributed by atoms with Gasteiger partial charge in [0.1, 0.15) is 12.3 Å². The van der Waals surface area contributed by atoms with Gasteiger partial charge in [0.2, 0.25) is 5.91 Å². The lowest BCUT2D eigenvalue weighted by atomic mass is 9.97. The Balaban J connectivity index is 1.38. The number of nitrogens with one attached hydrogen (secondary N) is 1. The number of likely N-dealkylation sites (tertiary alicyclic amines) is 1. The summed E-state index contributed by atoms with van der Waals surface area (Å²) in [6.45, 7) is 3.39. The number of carbonyl (C=O) groups excluding carboxylic acids is 2. The van der Waals surface area contributed by atoms with Gasteiger partial charge in [0, 0.05) is 44.3 Å². The zero-order valence-corrected chi connectivity index (χ0v) is 22.2. The average Bonchev–Trinajstić information content (AvgIpc) is 3.37. The summed E-state index contributed by atoms with van der Waals surface area (Å²) in [6, 6.07) is 6.42. The second-order valence-corrected chi connectivity index (χ2v) is 11.4. The molecule has 2 heterocycles. The first kappa shape index (κ1) is 28.2. The number of sulfone groups is 1. The van der Waals surface area contributed by atoms with Crippen LogP contribution in [0.5, 0.6) is 0 Å². The minimum absolute atomic E-state index is 0.0332. The van der Waals surface area contributed by atoms with Gasteiger partial charge >= 0.3 is 0 Å². The van der Waals surface area contributed by atoms with Gasteiger partial charge in [-0.1, -0.05) is 12.1 Å². The van der Waals surface area contributed by atoms with Gasteiger partial charge in [-0.05, 0) is 30.5 Å². The number of aromatic nitrogens is 1. The monoisotopic (exact) mass is 539 g/mol. The Hall–Kier alpha value is -2.38. The van der Waals surface area contributed by atoms with Crippen LogP contribution in [0.2, 0.25) is 0 Å². The highest BCUT2D eigenvalue weighted by Crippen LogP contribution is 2.30. The van der Waals surface area contributed by atoms with Crippen molar-refractivity contribution in [3.8, 4) is 0 Å². The molecular formula is C24H33N3O7S2. The highest BCUT2D eigenvalue weighted by Gasteiger charge is 2.26. The number of thiazole rings is 1. The molecule has 0 aliphatic carbocycles. The Morgan fingerprint density at radius 1 is 1.08 bits per heavy atom. The van der Waals surface area contributed by atoms with Crippen molar-refractivity contribution in [2.24, 2.45) is 0 Å². The third kappa shape index (κ3) is 8.63. The Morgan fingerprint density at radius 2 is 1.75 bits per heavy atom. The van der Waals surface area contributed by atoms with Crippen LogP contribution in [0.4, 0.5) is 0 Å². The standard InChI is InChI=1S/C24H33N3O7S2/c1-32-11-12-33-13-14-34-16-22(28)27-9-7-19(8-10-27)24-26-21(17-35-24)23(29)25-15-18-3-5-20(6-4-18)36(2,30)31/h3-6,17,19H,7-16H2,1-2H3,(H,25,29). The second kappa shape index (κ2) is 13.8. The minimum atomic E-state index is -3.25. The molecule has 2 amide bonds. The molecule has 0 spiro atoms. The van der Waals surface area contributed by atoms with Crippen LogP contribution in [0, 0.1) is 0 Å². The van der Waals surface area contributed by atoms with Gasteiger partial charge in [-0.3, -0.25) is 9.59 Å². The van der Waals surface area contributed by atoms with Crippen molar-refractivity contribution in [1.29, 1.82) is 0 Å². The van der Waals surface area contributed by atoms with E-state index in [9.17, 15) is 18.0 Å². The fourth-order valence-corrected chi connectivity index (χ4v) is 5.30. The number of amides is 2. The lowest BCUT2D eigenvalue weighted by molar-refractivity contribution is -0.137. The highest BCUT2D eigenvalue weighted by molar-refractivity contribution is 7.90. The van der Waals surface area contributed by atoms with Crippen molar-refractivity contribution in [3.63, 3.8) is 0 Å². The summed E-state index contributed by atoms with van der Waals surface area (Å²) in [4.78, 5) is 31.5. The van der Waals surface area contributed by atoms with Crippen molar-refractivity contribution in [2.45, 2.75) is 30.2 Å². The summed E-state index contributed by atoms with van der Waals surface area (Å²) in [5.41, 5.74) is 1.16. The van der Waals surface area contributed by atoms with Crippen LogP contribution in [0.15, 0.2) is 34.5 Å². The maximum atomic E-state index is 12.5. The van der Waals surface area contributed by atoms with Crippen LogP contribution in [0.25, 0.3) is 0 Å². The number of hydrogen-bond donors (Lipinski definition) is 1. The molecule has 2 aromatic rings. The van der Waals surface area contributed by atoms with E-state index in [-0.39, 0.29) is 35.8 Å². The molecule has 0 bridgehead atoms. The summed E-state index contributed by atoms with van der Waals surface area (Å²) < 4.78 is 38.7. The van der Waals surface area contributed by atoms with Crippen LogP contribution >= 0.6 is 11.3 Å². The SMILES string of the molecule is COCCOCCOCC(=O)N1CCC(c2nc(C(=O)NCc3ccc(S(C)(=O)=O)cc3)cs2)CC1. The maximum absolute atomic E-state index is 12.5. The van der Waals surface area contributed by atoms with Gasteiger partial charge in [0.15, 0.2) is 9.84 Å². The van der Waals surface area contributed by atoms with E-state index in [0.29, 0.717) is 45.2 Å². The number of methoxy groups -OCH3 is 1. The molecule has 0 atom stereocenters. The summed E-state index contributed by atoms with van der Waals surface area (Å²) in [6.07, 6.45) is 2.73. The Bertz CT molecular complexity index is 1100. The van der Waals surface area contributed by atoms with Gasteiger partial charge in [-0.2, -0.15) is 0 Å². The number of benzene rings is 1. The molecule has 1 aromatic carbocycles. The van der Waals surface area contributed by atoms with Crippen molar-refractivity contribution >= 4 is 33.0 Å². The molecule has 1 aliphatic heterocycles. The molecule has 3 rings (SSSR count). The first-order valence-corrected chi connectivity index (χ1v) is 14.5. The van der Waals surface area contributed by atoms with E-state index in [1.165, 1.54) is 23.5 Å². The summed E-state index contributed by atoms with van der Waals surface area (Å²) in [5, 5.41) is 5.47. The van der Waals surface area contributed by atoms with Gasteiger partial charge in [0.05, 0.1) is 36.3 Å². The number of carbonyl (C=O) groups is 2. The number of ether oxygens (including phenoxy) is 3. The lowest BCUT2D eigenvalue weighted by Gasteiger charge is -2.31. The van der Waals surface area contributed by atoms with Crippen molar-refractivity contribution in [1.82, 2.24) is 15.2 Å². The molecule has 10 nitrogen and oxygen atoms in total. The van der Waals surface area contributed by atoms with Crippen LogP contribution < -0.4 is 5.32 Å². The van der Waals surface area contributed by atoms with E-state index in [0.717, 1.165) is 29.7 Å². The lowest BCUT2D eigenvalue weighted by Crippen LogP contribution is -2.40. The quantitative estimate of drug-likeness (QED) is 0.383. The third-order valence-electron chi connectivity index (χ3n) is 5.79. The molecule has 198 valence electrons. The van der Waals surface area contributed by atoms with E-state index in [1.54, 1.807) is 29.5 Å². The van der Waals surface area contributed by atoms with Crippen LogP contribution in [0.3, 0.4) is 0 Å². The maximum Gasteiger partial charge on any atom is 0.271 e. The van der Waals surface area contributed by atoms with Gasteiger partial charge in [-0.25, -0.2) is 13.4 Å². The summed E-state index contributed by atoms with van der Waals surface area (Å²) in [7, 11) is -1.64. The zero-order chi connectivity index (χ0) is 26.0. The molecule has 1 saturated heterocycles. The topological polar surface area (TPSA) is 124 Å². The fourth-order valence-electron chi connectivity index (χ4n) is 3.70. The largest absolute Gasteiger partial charge is 0.382 e. The van der Waals surface area contributed by atoms with Gasteiger partial charge in [-0.15, -0.1) is 11.3 Å². The number of piperidine rings is 1. The van der Waals surface area contributed by atoms with E-state index in [4.69, 9.17) is 14.2 Å². The third-order valence-corrected chi connectivity index (χ3v) is 7.92. The fraction of sp³-hybridized carbons (Fsp3) is 0.542. The van der Waals surface area contributed by atoms with Gasteiger partial charge in [0.25, 0.3) is 5.91 Å². The molecule has 0 unspecified atom stereocenters. The van der Waals surface area contributed by atoms with E-state index in [2.05, 4.69) is 10.3 Å². The smallest absolute Gasteiger partial charge is 0.271 e. The molecule has 1 aromatic heterocycles. The predicted molar refractivity (Wildman–Crippen MR) is 135 cm³/mol. The first-order chi connectivity index (χ1) is 17.3. The summed E-state index contributed by atoms with van der Waals surface area (Å²) in [5.74, 6) is -0.103. The van der Waals surface area contributed by atoms with Gasteiger partial charge < -0.3 is 24.4 Å². The predicted octanol–water partition coefficient (Wildman–Crippen LogP) is 1.86. The van der Waals surface area contributed by atoms with Crippen LogP contribution in [-0.4, -0.2) is 89.6 Å². The Morgan fingerprint density at radius 3 is 2.42 bits per heavy atom. The molecule has 1 fully saturated rings. The van der Waals surface area contributed by atoms with E-state index in [1.807, 2.05) is 0 Å². The average molecular weight is 540 g/mol. The van der Waals surface area contributed by atoms with Crippen molar-refractivity contribution in [3.05, 3.63) is 45.9 Å².